The predicted octanol–water partition coefficient (Wildman–Crippen LogP) is 3.86. The van der Waals surface area contributed by atoms with Gasteiger partial charge in [-0.2, -0.15) is 15.4 Å². The molecule has 0 fully saturated rings. The van der Waals surface area contributed by atoms with E-state index in [1.54, 1.807) is 42.5 Å². The number of nitrogens with one attached hydrogen (secondary N) is 1. The van der Waals surface area contributed by atoms with E-state index >= 15 is 0 Å². The van der Waals surface area contributed by atoms with Crippen molar-refractivity contribution >= 4 is 21.1 Å². The van der Waals surface area contributed by atoms with Gasteiger partial charge in [0.15, 0.2) is 5.65 Å². The Balaban J connectivity index is 1.68. The summed E-state index contributed by atoms with van der Waals surface area (Å²) in [6.45, 7) is 0. The number of hydrogen-bond donors (Lipinski definition) is 1. The summed E-state index contributed by atoms with van der Waals surface area (Å²) in [4.78, 5) is 4.46. The summed E-state index contributed by atoms with van der Waals surface area (Å²) in [5, 5.41) is 11.7. The van der Waals surface area contributed by atoms with Gasteiger partial charge in [0.05, 0.1) is 4.90 Å². The average molecular weight is 419 g/mol. The highest BCUT2D eigenvalue weighted by molar-refractivity contribution is 7.90. The van der Waals surface area contributed by atoms with Crippen LogP contribution >= 0.6 is 0 Å². The number of aromatic amines is 1. The maximum atomic E-state index is 13.3. The Bertz CT molecular complexity index is 1460. The normalized spacial score (nSPS) is 11.8. The fourth-order valence-corrected chi connectivity index (χ4v) is 4.67. The number of aromatic nitrogens is 5. The fraction of sp³-hybridized carbons (Fsp3) is 0. The van der Waals surface area contributed by atoms with Gasteiger partial charge < -0.3 is 0 Å². The molecule has 9 heteroatoms. The zero-order chi connectivity index (χ0) is 20.7. The van der Waals surface area contributed by atoms with Gasteiger partial charge in [-0.25, -0.2) is 21.8 Å². The number of rotatable bonds is 4. The van der Waals surface area contributed by atoms with Crippen LogP contribution in [0.5, 0.6) is 0 Å². The van der Waals surface area contributed by atoms with Crippen molar-refractivity contribution in [1.29, 1.82) is 0 Å². The Morgan fingerprint density at radius 1 is 0.867 bits per heavy atom. The van der Waals surface area contributed by atoms with E-state index in [0.29, 0.717) is 27.9 Å². The molecule has 0 atom stereocenters. The van der Waals surface area contributed by atoms with Crippen molar-refractivity contribution in [3.63, 3.8) is 0 Å². The molecule has 0 saturated heterocycles. The molecule has 0 spiro atoms. The molecular formula is C21H14FN5O2S. The Kier molecular flexibility index (Phi) is 4.18. The molecule has 0 aliphatic rings. The molecule has 7 nitrogen and oxygen atoms in total. The van der Waals surface area contributed by atoms with Crippen molar-refractivity contribution in [3.8, 4) is 22.5 Å². The summed E-state index contributed by atoms with van der Waals surface area (Å²) in [6, 6.07) is 17.5. The molecular weight excluding hydrogens is 405 g/mol. The lowest BCUT2D eigenvalue weighted by atomic mass is 10.0. The zero-order valence-corrected chi connectivity index (χ0v) is 16.2. The highest BCUT2D eigenvalue weighted by Crippen LogP contribution is 2.34. The quantitative estimate of drug-likeness (QED) is 0.477. The van der Waals surface area contributed by atoms with Crippen LogP contribution in [0.2, 0.25) is 0 Å². The highest BCUT2D eigenvalue weighted by atomic mass is 32.2. The lowest BCUT2D eigenvalue weighted by molar-refractivity contribution is 0.588. The summed E-state index contributed by atoms with van der Waals surface area (Å²) < 4.78 is 40.6. The van der Waals surface area contributed by atoms with Crippen LogP contribution in [0.25, 0.3) is 33.5 Å². The minimum Gasteiger partial charge on any atom is -0.237 e. The molecule has 0 unspecified atom stereocenters. The van der Waals surface area contributed by atoms with Crippen LogP contribution in [-0.2, 0) is 10.0 Å². The molecule has 30 heavy (non-hydrogen) atoms. The number of fused-ring (bicyclic) bond motifs is 1. The molecule has 3 aromatic heterocycles. The molecule has 2 aromatic carbocycles. The molecule has 3 heterocycles. The van der Waals surface area contributed by atoms with Crippen molar-refractivity contribution in [2.45, 2.75) is 4.90 Å². The van der Waals surface area contributed by atoms with Gasteiger partial charge in [0.1, 0.15) is 17.2 Å². The molecule has 0 aliphatic carbocycles. The Morgan fingerprint density at radius 3 is 2.37 bits per heavy atom. The van der Waals surface area contributed by atoms with Crippen molar-refractivity contribution < 1.29 is 12.8 Å². The minimum atomic E-state index is -3.81. The zero-order valence-electron chi connectivity index (χ0n) is 15.4. The Hall–Kier alpha value is -3.85. The maximum absolute atomic E-state index is 13.3. The van der Waals surface area contributed by atoms with Crippen molar-refractivity contribution in [2.75, 3.05) is 0 Å². The number of hydrogen-bond acceptors (Lipinski definition) is 5. The largest absolute Gasteiger partial charge is 0.269 e. The lowest BCUT2D eigenvalue weighted by Gasteiger charge is -2.08. The third-order valence-corrected chi connectivity index (χ3v) is 6.46. The van der Waals surface area contributed by atoms with Crippen LogP contribution in [0, 0.1) is 5.82 Å². The van der Waals surface area contributed by atoms with Crippen LogP contribution in [0.3, 0.4) is 0 Å². The van der Waals surface area contributed by atoms with Gasteiger partial charge in [-0.05, 0) is 48.5 Å². The summed E-state index contributed by atoms with van der Waals surface area (Å²) in [5.41, 5.74) is 2.67. The smallest absolute Gasteiger partial charge is 0.237 e. The summed E-state index contributed by atoms with van der Waals surface area (Å²) in [5.74, 6) is -0.349. The van der Waals surface area contributed by atoms with E-state index in [4.69, 9.17) is 0 Å². The van der Waals surface area contributed by atoms with E-state index in [1.807, 2.05) is 0 Å². The number of pyridine rings is 1. The van der Waals surface area contributed by atoms with Crippen LogP contribution in [0.1, 0.15) is 0 Å². The monoisotopic (exact) mass is 419 g/mol. The average Bonchev–Trinajstić information content (AvgIpc) is 3.42. The van der Waals surface area contributed by atoms with Crippen molar-refractivity contribution in [2.24, 2.45) is 0 Å². The number of nitrogens with zero attached hydrogens (tertiary/aromatic N) is 4. The summed E-state index contributed by atoms with van der Waals surface area (Å²) in [6.07, 6.45) is 3.00. The minimum absolute atomic E-state index is 0.170. The number of halogens is 1. The molecule has 5 rings (SSSR count). The van der Waals surface area contributed by atoms with Crippen LogP contribution < -0.4 is 0 Å². The second-order valence-corrected chi connectivity index (χ2v) is 8.37. The molecule has 0 amide bonds. The van der Waals surface area contributed by atoms with Crippen molar-refractivity contribution in [1.82, 2.24) is 24.4 Å². The molecule has 1 N–H and O–H groups in total. The van der Waals surface area contributed by atoms with Gasteiger partial charge in [-0.1, -0.05) is 18.2 Å². The van der Waals surface area contributed by atoms with Gasteiger partial charge in [-0.15, -0.1) is 0 Å². The lowest BCUT2D eigenvalue weighted by Crippen LogP contribution is -2.12. The first kappa shape index (κ1) is 18.2. The first-order chi connectivity index (χ1) is 14.6. The van der Waals surface area contributed by atoms with E-state index in [9.17, 15) is 12.8 Å². The van der Waals surface area contributed by atoms with Gasteiger partial charge in [0.2, 0.25) is 0 Å². The number of benzene rings is 2. The topological polar surface area (TPSA) is 93.5 Å². The van der Waals surface area contributed by atoms with E-state index < -0.39 is 10.0 Å². The summed E-state index contributed by atoms with van der Waals surface area (Å²) in [7, 11) is -3.81. The second kappa shape index (κ2) is 6.89. The Morgan fingerprint density at radius 2 is 1.60 bits per heavy atom. The molecule has 0 bridgehead atoms. The van der Waals surface area contributed by atoms with E-state index in [1.165, 1.54) is 36.7 Å². The maximum Gasteiger partial charge on any atom is 0.269 e. The molecule has 0 aliphatic heterocycles. The van der Waals surface area contributed by atoms with Crippen LogP contribution in [-0.4, -0.2) is 32.8 Å². The first-order valence-corrected chi connectivity index (χ1v) is 10.4. The second-order valence-electron chi connectivity index (χ2n) is 6.55. The Labute approximate surface area is 170 Å². The van der Waals surface area contributed by atoms with Crippen LogP contribution in [0.4, 0.5) is 4.39 Å². The molecule has 0 radical (unpaired) electrons. The molecule has 148 valence electrons. The van der Waals surface area contributed by atoms with Crippen LogP contribution in [0.15, 0.2) is 84.0 Å². The predicted molar refractivity (Wildman–Crippen MR) is 110 cm³/mol. The number of H-pyrrole nitrogens is 1. The van der Waals surface area contributed by atoms with Crippen molar-refractivity contribution in [3.05, 3.63) is 84.9 Å². The third kappa shape index (κ3) is 2.87. The molecule has 0 saturated carbocycles. The summed E-state index contributed by atoms with van der Waals surface area (Å²) >= 11 is 0. The SMILES string of the molecule is O=S(=O)(c1ccccc1)n1ccc2c(-c3n[nH]nc3-c3ccc(F)cc3)ccnc21. The van der Waals surface area contributed by atoms with Gasteiger partial charge in [-0.3, -0.25) is 0 Å². The highest BCUT2D eigenvalue weighted by Gasteiger charge is 2.22. The van der Waals surface area contributed by atoms with Gasteiger partial charge in [0.25, 0.3) is 10.0 Å². The van der Waals surface area contributed by atoms with Gasteiger partial charge in [0, 0.05) is 28.9 Å². The van der Waals surface area contributed by atoms with E-state index in [0.717, 1.165) is 3.97 Å². The first-order valence-electron chi connectivity index (χ1n) is 8.99. The van der Waals surface area contributed by atoms with E-state index in [-0.39, 0.29) is 16.4 Å². The third-order valence-electron chi connectivity index (χ3n) is 4.78. The molecule has 5 aromatic rings. The van der Waals surface area contributed by atoms with Gasteiger partial charge >= 0.3 is 0 Å². The standard InChI is InChI=1S/C21H14FN5O2S/c22-15-8-6-14(7-9-15)19-20(25-26-24-19)17-10-12-23-21-18(17)11-13-27(21)30(28,29)16-4-2-1-3-5-16/h1-13H,(H,24,25,26). The van der Waals surface area contributed by atoms with E-state index in [2.05, 4.69) is 20.4 Å². The fourth-order valence-electron chi connectivity index (χ4n) is 3.35.